The van der Waals surface area contributed by atoms with Crippen LogP contribution in [-0.4, -0.2) is 27.3 Å². The van der Waals surface area contributed by atoms with Crippen molar-refractivity contribution in [1.82, 2.24) is 10.0 Å². The molecule has 6 heteroatoms. The fourth-order valence-electron chi connectivity index (χ4n) is 1.50. The molecule has 0 aliphatic rings. The van der Waals surface area contributed by atoms with E-state index in [4.69, 9.17) is 4.42 Å². The Labute approximate surface area is 103 Å². The van der Waals surface area contributed by atoms with Crippen molar-refractivity contribution in [3.05, 3.63) is 23.7 Å². The molecule has 0 saturated carbocycles. The summed E-state index contributed by atoms with van der Waals surface area (Å²) in [5.74, 6) is 1.40. The van der Waals surface area contributed by atoms with Crippen molar-refractivity contribution in [1.29, 1.82) is 0 Å². The summed E-state index contributed by atoms with van der Waals surface area (Å²) in [5, 5.41) is 2.37. The first kappa shape index (κ1) is 14.2. The first-order chi connectivity index (χ1) is 7.86. The Morgan fingerprint density at radius 1 is 1.35 bits per heavy atom. The largest absolute Gasteiger partial charge is 0.465 e. The fourth-order valence-corrected chi connectivity index (χ4v) is 2.73. The second-order valence-electron chi connectivity index (χ2n) is 4.20. The number of hydrogen-bond donors (Lipinski definition) is 2. The summed E-state index contributed by atoms with van der Waals surface area (Å²) in [5.41, 5.74) is 0. The zero-order chi connectivity index (χ0) is 13.1. The van der Waals surface area contributed by atoms with Crippen LogP contribution in [0.25, 0.3) is 0 Å². The summed E-state index contributed by atoms with van der Waals surface area (Å²) >= 11 is 0. The Morgan fingerprint density at radius 2 is 2.00 bits per heavy atom. The molecule has 2 unspecified atom stereocenters. The Bertz CT molecular complexity index is 453. The van der Waals surface area contributed by atoms with E-state index in [1.807, 2.05) is 13.0 Å². The van der Waals surface area contributed by atoms with Gasteiger partial charge in [-0.05, 0) is 40.0 Å². The minimum absolute atomic E-state index is 0.354. The van der Waals surface area contributed by atoms with E-state index in [1.54, 1.807) is 27.0 Å². The van der Waals surface area contributed by atoms with Crippen molar-refractivity contribution in [2.45, 2.75) is 32.1 Å². The molecule has 0 amide bonds. The molecule has 2 atom stereocenters. The Kier molecular flexibility index (Phi) is 4.73. The molecular formula is C11H20N2O3S. The second kappa shape index (κ2) is 5.66. The van der Waals surface area contributed by atoms with Gasteiger partial charge in [-0.3, -0.25) is 0 Å². The minimum atomic E-state index is -3.33. The lowest BCUT2D eigenvalue weighted by Crippen LogP contribution is -2.39. The smallest absolute Gasteiger partial charge is 0.216 e. The molecule has 1 aromatic rings. The maximum absolute atomic E-state index is 11.9. The zero-order valence-electron chi connectivity index (χ0n) is 10.6. The maximum Gasteiger partial charge on any atom is 0.216 e. The van der Waals surface area contributed by atoms with Gasteiger partial charge in [0.15, 0.2) is 0 Å². The molecule has 0 aliphatic carbocycles. The highest BCUT2D eigenvalue weighted by atomic mass is 32.2. The number of hydrogen-bond acceptors (Lipinski definition) is 4. The summed E-state index contributed by atoms with van der Waals surface area (Å²) in [6.07, 6.45) is 0. The minimum Gasteiger partial charge on any atom is -0.465 e. The van der Waals surface area contributed by atoms with Crippen molar-refractivity contribution >= 4 is 10.0 Å². The molecule has 0 aromatic carbocycles. The van der Waals surface area contributed by atoms with Gasteiger partial charge in [0.2, 0.25) is 10.0 Å². The van der Waals surface area contributed by atoms with E-state index in [1.165, 1.54) is 0 Å². The number of nitrogens with one attached hydrogen (secondary N) is 2. The lowest BCUT2D eigenvalue weighted by molar-refractivity contribution is 0.439. The number of furan rings is 1. The van der Waals surface area contributed by atoms with Crippen molar-refractivity contribution in [3.63, 3.8) is 0 Å². The molecular weight excluding hydrogens is 240 g/mol. The standard InChI is InChI=1S/C11H20N2O3S/c1-8-5-6-11(16-8)10(3)13-17(14,15)9(2)7-12-4/h5-6,9-10,12-13H,7H2,1-4H3. The lowest BCUT2D eigenvalue weighted by atomic mass is 10.3. The average Bonchev–Trinajstić information content (AvgIpc) is 2.64. The number of sulfonamides is 1. The van der Waals surface area contributed by atoms with Crippen molar-refractivity contribution in [3.8, 4) is 0 Å². The molecule has 0 saturated heterocycles. The average molecular weight is 260 g/mol. The summed E-state index contributed by atoms with van der Waals surface area (Å²) in [6.45, 7) is 5.68. The molecule has 17 heavy (non-hydrogen) atoms. The van der Waals surface area contributed by atoms with E-state index in [0.717, 1.165) is 5.76 Å². The summed E-state index contributed by atoms with van der Waals surface area (Å²) in [4.78, 5) is 0. The highest BCUT2D eigenvalue weighted by Gasteiger charge is 2.23. The van der Waals surface area contributed by atoms with Crippen LogP contribution in [0, 0.1) is 6.92 Å². The molecule has 0 bridgehead atoms. The number of rotatable bonds is 6. The Hall–Kier alpha value is -0.850. The Balaban J connectivity index is 2.71. The highest BCUT2D eigenvalue weighted by molar-refractivity contribution is 7.90. The maximum atomic E-state index is 11.9. The molecule has 0 fully saturated rings. The van der Waals surface area contributed by atoms with E-state index < -0.39 is 15.3 Å². The summed E-state index contributed by atoms with van der Waals surface area (Å²) in [6, 6.07) is 3.25. The van der Waals surface area contributed by atoms with Gasteiger partial charge in [0.25, 0.3) is 0 Å². The molecule has 1 aromatic heterocycles. The SMILES string of the molecule is CNCC(C)S(=O)(=O)NC(C)c1ccc(C)o1. The zero-order valence-corrected chi connectivity index (χ0v) is 11.5. The van der Waals surface area contributed by atoms with Crippen LogP contribution in [-0.2, 0) is 10.0 Å². The molecule has 0 aliphatic heterocycles. The van der Waals surface area contributed by atoms with Crippen LogP contribution in [0.15, 0.2) is 16.5 Å². The van der Waals surface area contributed by atoms with Crippen molar-refractivity contribution < 1.29 is 12.8 Å². The normalized spacial score (nSPS) is 15.8. The fraction of sp³-hybridized carbons (Fsp3) is 0.636. The van der Waals surface area contributed by atoms with Crippen molar-refractivity contribution in [2.75, 3.05) is 13.6 Å². The predicted molar refractivity (Wildman–Crippen MR) is 67.3 cm³/mol. The first-order valence-corrected chi connectivity index (χ1v) is 7.13. The van der Waals surface area contributed by atoms with Crippen LogP contribution in [0.5, 0.6) is 0 Å². The molecule has 2 N–H and O–H groups in total. The van der Waals surface area contributed by atoms with Gasteiger partial charge in [-0.2, -0.15) is 0 Å². The summed E-state index contributed by atoms with van der Waals surface area (Å²) < 4.78 is 31.8. The predicted octanol–water partition coefficient (Wildman–Crippen LogP) is 1.18. The molecule has 5 nitrogen and oxygen atoms in total. The van der Waals surface area contributed by atoms with Crippen LogP contribution in [0.4, 0.5) is 0 Å². The van der Waals surface area contributed by atoms with Gasteiger partial charge in [0.1, 0.15) is 11.5 Å². The number of aryl methyl sites for hydroxylation is 1. The molecule has 1 rings (SSSR count). The van der Waals surface area contributed by atoms with Crippen molar-refractivity contribution in [2.24, 2.45) is 0 Å². The van der Waals surface area contributed by atoms with E-state index in [-0.39, 0.29) is 6.04 Å². The van der Waals surface area contributed by atoms with Crippen LogP contribution < -0.4 is 10.0 Å². The van der Waals surface area contributed by atoms with Crippen LogP contribution >= 0.6 is 0 Å². The van der Waals surface area contributed by atoms with Gasteiger partial charge in [-0.15, -0.1) is 0 Å². The highest BCUT2D eigenvalue weighted by Crippen LogP contribution is 2.17. The van der Waals surface area contributed by atoms with E-state index >= 15 is 0 Å². The quantitative estimate of drug-likeness (QED) is 0.805. The van der Waals surface area contributed by atoms with Crippen LogP contribution in [0.2, 0.25) is 0 Å². The van der Waals surface area contributed by atoms with E-state index in [9.17, 15) is 8.42 Å². The molecule has 98 valence electrons. The molecule has 0 radical (unpaired) electrons. The lowest BCUT2D eigenvalue weighted by Gasteiger charge is -2.17. The van der Waals surface area contributed by atoms with E-state index in [0.29, 0.717) is 12.3 Å². The molecule has 1 heterocycles. The second-order valence-corrected chi connectivity index (χ2v) is 6.33. The van der Waals surface area contributed by atoms with Crippen LogP contribution in [0.3, 0.4) is 0 Å². The van der Waals surface area contributed by atoms with E-state index in [2.05, 4.69) is 10.0 Å². The van der Waals surface area contributed by atoms with Gasteiger partial charge >= 0.3 is 0 Å². The third-order valence-corrected chi connectivity index (χ3v) is 4.46. The molecule has 0 spiro atoms. The Morgan fingerprint density at radius 3 is 2.47 bits per heavy atom. The van der Waals surface area contributed by atoms with Crippen LogP contribution in [0.1, 0.15) is 31.4 Å². The third kappa shape index (κ3) is 3.83. The monoisotopic (exact) mass is 260 g/mol. The van der Waals surface area contributed by atoms with Gasteiger partial charge < -0.3 is 9.73 Å². The van der Waals surface area contributed by atoms with Gasteiger partial charge in [0.05, 0.1) is 11.3 Å². The summed E-state index contributed by atoms with van der Waals surface area (Å²) in [7, 11) is -1.61. The topological polar surface area (TPSA) is 71.3 Å². The van der Waals surface area contributed by atoms with Gasteiger partial charge in [-0.1, -0.05) is 0 Å². The van der Waals surface area contributed by atoms with Gasteiger partial charge in [-0.25, -0.2) is 13.1 Å². The van der Waals surface area contributed by atoms with Gasteiger partial charge in [0, 0.05) is 6.54 Å². The third-order valence-electron chi connectivity index (χ3n) is 2.55. The first-order valence-electron chi connectivity index (χ1n) is 5.59.